The van der Waals surface area contributed by atoms with E-state index in [1.165, 1.54) is 29.7 Å². The molecule has 3 heterocycles. The van der Waals surface area contributed by atoms with Gasteiger partial charge in [0.2, 0.25) is 0 Å². The maximum atomic E-state index is 12.3. The Labute approximate surface area is 226 Å². The van der Waals surface area contributed by atoms with Crippen LogP contribution in [0, 0.1) is 0 Å². The number of rotatable bonds is 8. The first-order valence-electron chi connectivity index (χ1n) is 12.5. The molecule has 0 aliphatic carbocycles. The summed E-state index contributed by atoms with van der Waals surface area (Å²) in [6.45, 7) is 5.00. The number of hydrogen-bond donors (Lipinski definition) is 1. The SMILES string of the molecule is C[C@@H](Oc1cc(-n2cnc3ccc(CN4CCC(N(C)C)CC4)cc32)sc1C(N)=O)c1ccccc1Cl. The van der Waals surface area contributed by atoms with Crippen LogP contribution in [0.4, 0.5) is 0 Å². The van der Waals surface area contributed by atoms with Gasteiger partial charge in [0.05, 0.1) is 11.0 Å². The standard InChI is InChI=1S/C28H32ClN5O2S/c1-18(21-6-4-5-7-22(21)29)36-25-15-26(37-27(25)28(30)35)34-17-31-23-9-8-19(14-24(23)34)16-33-12-10-20(11-13-33)32(2)3/h4-9,14-15,17-18,20H,10-13,16H2,1-3H3,(H2,30,35)/t18-/m1/s1. The minimum absolute atomic E-state index is 0.350. The molecular formula is C28H32ClN5O2S. The second kappa shape index (κ2) is 10.8. The molecular weight excluding hydrogens is 506 g/mol. The van der Waals surface area contributed by atoms with Crippen molar-refractivity contribution in [3.8, 4) is 10.8 Å². The third kappa shape index (κ3) is 5.52. The molecule has 1 aliphatic rings. The van der Waals surface area contributed by atoms with Crippen molar-refractivity contribution in [3.05, 3.63) is 75.9 Å². The lowest BCUT2D eigenvalue weighted by Gasteiger charge is -2.35. The number of ether oxygens (including phenoxy) is 1. The number of likely N-dealkylation sites (tertiary alicyclic amines) is 1. The number of hydrogen-bond acceptors (Lipinski definition) is 6. The Kier molecular flexibility index (Phi) is 7.53. The third-order valence-electron chi connectivity index (χ3n) is 7.10. The molecule has 1 saturated heterocycles. The van der Waals surface area contributed by atoms with Crippen molar-refractivity contribution in [2.24, 2.45) is 5.73 Å². The van der Waals surface area contributed by atoms with Gasteiger partial charge in [-0.3, -0.25) is 14.3 Å². The third-order valence-corrected chi connectivity index (χ3v) is 8.57. The Morgan fingerprint density at radius 1 is 1.22 bits per heavy atom. The number of fused-ring (bicyclic) bond motifs is 1. The largest absolute Gasteiger partial charge is 0.484 e. The second-order valence-corrected chi connectivity index (χ2v) is 11.3. The molecule has 0 unspecified atom stereocenters. The summed E-state index contributed by atoms with van der Waals surface area (Å²) in [4.78, 5) is 22.1. The topological polar surface area (TPSA) is 76.6 Å². The number of amides is 1. The lowest BCUT2D eigenvalue weighted by Crippen LogP contribution is -2.41. The van der Waals surface area contributed by atoms with E-state index in [4.69, 9.17) is 22.1 Å². The molecule has 0 bridgehead atoms. The van der Waals surface area contributed by atoms with Gasteiger partial charge in [0.25, 0.3) is 5.91 Å². The first kappa shape index (κ1) is 25.7. The van der Waals surface area contributed by atoms with E-state index in [1.807, 2.05) is 41.8 Å². The monoisotopic (exact) mass is 537 g/mol. The summed E-state index contributed by atoms with van der Waals surface area (Å²) in [5.41, 5.74) is 9.71. The summed E-state index contributed by atoms with van der Waals surface area (Å²) < 4.78 is 8.20. The molecule has 4 aromatic rings. The molecule has 2 aromatic heterocycles. The number of imidazole rings is 1. The highest BCUT2D eigenvalue weighted by molar-refractivity contribution is 7.16. The van der Waals surface area contributed by atoms with Gasteiger partial charge in [0.15, 0.2) is 0 Å². The fourth-order valence-electron chi connectivity index (χ4n) is 4.98. The summed E-state index contributed by atoms with van der Waals surface area (Å²) >= 11 is 7.66. The van der Waals surface area contributed by atoms with E-state index in [0.717, 1.165) is 41.2 Å². The van der Waals surface area contributed by atoms with Crippen molar-refractivity contribution in [1.82, 2.24) is 19.4 Å². The van der Waals surface area contributed by atoms with Crippen LogP contribution in [0.15, 0.2) is 54.9 Å². The van der Waals surface area contributed by atoms with Gasteiger partial charge in [-0.1, -0.05) is 35.9 Å². The lowest BCUT2D eigenvalue weighted by atomic mass is 10.0. The van der Waals surface area contributed by atoms with Crippen LogP contribution in [-0.4, -0.2) is 58.5 Å². The zero-order valence-electron chi connectivity index (χ0n) is 21.4. The predicted molar refractivity (Wildman–Crippen MR) is 150 cm³/mol. The molecule has 7 nitrogen and oxygen atoms in total. The van der Waals surface area contributed by atoms with E-state index in [-0.39, 0.29) is 6.10 Å². The van der Waals surface area contributed by atoms with Crippen LogP contribution in [0.25, 0.3) is 16.0 Å². The Morgan fingerprint density at radius 3 is 2.68 bits per heavy atom. The average molecular weight is 538 g/mol. The molecule has 0 spiro atoms. The fourth-order valence-corrected chi connectivity index (χ4v) is 6.19. The Morgan fingerprint density at radius 2 is 1.97 bits per heavy atom. The molecule has 1 amide bonds. The van der Waals surface area contributed by atoms with E-state index in [0.29, 0.717) is 21.7 Å². The number of primary amides is 1. The average Bonchev–Trinajstić information content (AvgIpc) is 3.48. The highest BCUT2D eigenvalue weighted by Gasteiger charge is 2.22. The number of halogens is 1. The van der Waals surface area contributed by atoms with E-state index in [9.17, 15) is 4.79 Å². The van der Waals surface area contributed by atoms with Gasteiger partial charge in [-0.2, -0.15) is 0 Å². The summed E-state index contributed by atoms with van der Waals surface area (Å²) in [5, 5.41) is 1.44. The number of aromatic nitrogens is 2. The van der Waals surface area contributed by atoms with Crippen molar-refractivity contribution in [1.29, 1.82) is 0 Å². The van der Waals surface area contributed by atoms with E-state index in [1.54, 1.807) is 6.33 Å². The molecule has 5 rings (SSSR count). The Bertz CT molecular complexity index is 1410. The van der Waals surface area contributed by atoms with Crippen LogP contribution in [0.3, 0.4) is 0 Å². The van der Waals surface area contributed by atoms with Crippen LogP contribution < -0.4 is 10.5 Å². The molecule has 194 valence electrons. The quantitative estimate of drug-likeness (QED) is 0.321. The van der Waals surface area contributed by atoms with Crippen molar-refractivity contribution >= 4 is 39.9 Å². The molecule has 0 saturated carbocycles. The van der Waals surface area contributed by atoms with Gasteiger partial charge in [0, 0.05) is 29.2 Å². The molecule has 0 radical (unpaired) electrons. The van der Waals surface area contributed by atoms with E-state index in [2.05, 4.69) is 47.1 Å². The second-order valence-electron chi connectivity index (χ2n) is 9.83. The minimum atomic E-state index is -0.524. The number of benzene rings is 2. The van der Waals surface area contributed by atoms with Gasteiger partial charge in [-0.05, 0) is 70.7 Å². The molecule has 1 atom stereocenters. The molecule has 2 N–H and O–H groups in total. The number of carbonyl (C=O) groups excluding carboxylic acids is 1. The van der Waals surface area contributed by atoms with Crippen molar-refractivity contribution < 1.29 is 9.53 Å². The first-order chi connectivity index (χ1) is 17.8. The zero-order valence-corrected chi connectivity index (χ0v) is 22.9. The van der Waals surface area contributed by atoms with E-state index >= 15 is 0 Å². The fraction of sp³-hybridized carbons (Fsp3) is 0.357. The van der Waals surface area contributed by atoms with Crippen molar-refractivity contribution in [2.75, 3.05) is 27.2 Å². The van der Waals surface area contributed by atoms with Gasteiger partial charge < -0.3 is 15.4 Å². The lowest BCUT2D eigenvalue weighted by molar-refractivity contribution is 0.0998. The zero-order chi connectivity index (χ0) is 26.1. The molecule has 1 fully saturated rings. The van der Waals surface area contributed by atoms with Gasteiger partial charge in [-0.15, -0.1) is 11.3 Å². The molecule has 1 aliphatic heterocycles. The number of nitrogens with two attached hydrogens (primary N) is 1. The number of carbonyl (C=O) groups is 1. The molecule has 9 heteroatoms. The van der Waals surface area contributed by atoms with Crippen LogP contribution in [0.1, 0.15) is 46.7 Å². The normalized spacial score (nSPS) is 15.9. The van der Waals surface area contributed by atoms with Gasteiger partial charge >= 0.3 is 0 Å². The van der Waals surface area contributed by atoms with Crippen LogP contribution >= 0.6 is 22.9 Å². The highest BCUT2D eigenvalue weighted by Crippen LogP contribution is 2.37. The Hall–Kier alpha value is -2.91. The van der Waals surface area contributed by atoms with Crippen LogP contribution in [0.5, 0.6) is 5.75 Å². The van der Waals surface area contributed by atoms with Crippen LogP contribution in [-0.2, 0) is 6.54 Å². The first-order valence-corrected chi connectivity index (χ1v) is 13.7. The molecule has 37 heavy (non-hydrogen) atoms. The van der Waals surface area contributed by atoms with E-state index < -0.39 is 5.91 Å². The van der Waals surface area contributed by atoms with Gasteiger partial charge in [0.1, 0.15) is 28.1 Å². The number of thiophene rings is 1. The number of nitrogens with zero attached hydrogens (tertiary/aromatic N) is 4. The smallest absolute Gasteiger partial charge is 0.262 e. The minimum Gasteiger partial charge on any atom is -0.484 e. The summed E-state index contributed by atoms with van der Waals surface area (Å²) in [5.74, 6) is -0.0782. The summed E-state index contributed by atoms with van der Waals surface area (Å²) in [6, 6.07) is 16.5. The van der Waals surface area contributed by atoms with Gasteiger partial charge in [-0.25, -0.2) is 4.98 Å². The van der Waals surface area contributed by atoms with Crippen molar-refractivity contribution in [3.63, 3.8) is 0 Å². The summed E-state index contributed by atoms with van der Waals surface area (Å²) in [6.07, 6.45) is 3.81. The highest BCUT2D eigenvalue weighted by atomic mass is 35.5. The number of piperidine rings is 1. The molecule has 2 aromatic carbocycles. The Balaban J connectivity index is 1.40. The maximum Gasteiger partial charge on any atom is 0.262 e. The summed E-state index contributed by atoms with van der Waals surface area (Å²) in [7, 11) is 4.33. The van der Waals surface area contributed by atoms with Crippen molar-refractivity contribution in [2.45, 2.75) is 38.5 Å². The predicted octanol–water partition coefficient (Wildman–Crippen LogP) is 5.51. The maximum absolute atomic E-state index is 12.3. The van der Waals surface area contributed by atoms with Crippen LogP contribution in [0.2, 0.25) is 5.02 Å².